The van der Waals surface area contributed by atoms with Crippen LogP contribution in [0, 0.1) is 6.92 Å². The van der Waals surface area contributed by atoms with Crippen LogP contribution in [0.5, 0.6) is 0 Å². The first-order valence-corrected chi connectivity index (χ1v) is 7.91. The average Bonchev–Trinajstić information content (AvgIpc) is 2.83. The number of aryl methyl sites for hydroxylation is 1. The molecule has 0 spiro atoms. The Morgan fingerprint density at radius 1 is 1.37 bits per heavy atom. The fourth-order valence-corrected chi connectivity index (χ4v) is 4.01. The highest BCUT2D eigenvalue weighted by Crippen LogP contribution is 2.37. The first-order valence-electron chi connectivity index (χ1n) is 6.05. The first kappa shape index (κ1) is 12.6. The third kappa shape index (κ3) is 2.24. The number of nitrogens with zero attached hydrogens (tertiary/aromatic N) is 1. The predicted molar refractivity (Wildman–Crippen MR) is 82.3 cm³/mol. The van der Waals surface area contributed by atoms with Crippen LogP contribution in [0.25, 0.3) is 0 Å². The molecular formula is C14H14N2OS2. The van der Waals surface area contributed by atoms with Gasteiger partial charge in [-0.05, 0) is 42.1 Å². The third-order valence-electron chi connectivity index (χ3n) is 3.15. The molecule has 2 aromatic rings. The van der Waals surface area contributed by atoms with E-state index >= 15 is 0 Å². The summed E-state index contributed by atoms with van der Waals surface area (Å²) in [6, 6.07) is 7.76. The molecule has 98 valence electrons. The van der Waals surface area contributed by atoms with Crippen molar-refractivity contribution in [3.05, 3.63) is 40.1 Å². The number of thioether (sulfide) groups is 1. The van der Waals surface area contributed by atoms with Gasteiger partial charge in [0.15, 0.2) is 0 Å². The molecule has 19 heavy (non-hydrogen) atoms. The van der Waals surface area contributed by atoms with Crippen LogP contribution in [-0.2, 0) is 0 Å². The van der Waals surface area contributed by atoms with Gasteiger partial charge in [-0.15, -0.1) is 23.1 Å². The Morgan fingerprint density at radius 3 is 2.95 bits per heavy atom. The highest BCUT2D eigenvalue weighted by molar-refractivity contribution is 7.99. The number of fused-ring (bicyclic) bond motifs is 1. The first-order chi connectivity index (χ1) is 9.16. The largest absolute Gasteiger partial charge is 0.399 e. The number of nitrogen functional groups attached to an aromatic ring is 1. The lowest BCUT2D eigenvalue weighted by Gasteiger charge is -2.29. The van der Waals surface area contributed by atoms with Crippen molar-refractivity contribution in [2.75, 3.05) is 22.9 Å². The van der Waals surface area contributed by atoms with Gasteiger partial charge < -0.3 is 10.6 Å². The van der Waals surface area contributed by atoms with E-state index in [0.29, 0.717) is 5.69 Å². The van der Waals surface area contributed by atoms with Crippen LogP contribution in [0.15, 0.2) is 34.5 Å². The SMILES string of the molecule is Cc1ccsc1C(=O)N1CCSc2ccc(N)cc21. The molecule has 0 atom stereocenters. The number of hydrogen-bond donors (Lipinski definition) is 1. The summed E-state index contributed by atoms with van der Waals surface area (Å²) in [5.41, 5.74) is 8.52. The van der Waals surface area contributed by atoms with Crippen molar-refractivity contribution in [1.82, 2.24) is 0 Å². The summed E-state index contributed by atoms with van der Waals surface area (Å²) in [4.78, 5) is 16.4. The monoisotopic (exact) mass is 290 g/mol. The second kappa shape index (κ2) is 4.90. The number of carbonyl (C=O) groups excluding carboxylic acids is 1. The van der Waals surface area contributed by atoms with Crippen molar-refractivity contribution in [2.45, 2.75) is 11.8 Å². The molecule has 2 N–H and O–H groups in total. The molecule has 1 aliphatic rings. The van der Waals surface area contributed by atoms with Gasteiger partial charge in [0, 0.05) is 22.9 Å². The van der Waals surface area contributed by atoms with Crippen molar-refractivity contribution < 1.29 is 4.79 Å². The zero-order valence-corrected chi connectivity index (χ0v) is 12.2. The van der Waals surface area contributed by atoms with E-state index in [1.807, 2.05) is 41.5 Å². The predicted octanol–water partition coefficient (Wildman–Crippen LogP) is 3.39. The Kier molecular flexibility index (Phi) is 3.24. The van der Waals surface area contributed by atoms with E-state index in [4.69, 9.17) is 5.73 Å². The fourth-order valence-electron chi connectivity index (χ4n) is 2.16. The van der Waals surface area contributed by atoms with Crippen LogP contribution < -0.4 is 10.6 Å². The van der Waals surface area contributed by atoms with Crippen LogP contribution in [0.2, 0.25) is 0 Å². The molecule has 0 unspecified atom stereocenters. The smallest absolute Gasteiger partial charge is 0.268 e. The Bertz CT molecular complexity index is 636. The van der Waals surface area contributed by atoms with Crippen molar-refractivity contribution in [3.8, 4) is 0 Å². The van der Waals surface area contributed by atoms with Crippen LogP contribution >= 0.6 is 23.1 Å². The third-order valence-corrected chi connectivity index (χ3v) is 5.20. The number of hydrogen-bond acceptors (Lipinski definition) is 4. The summed E-state index contributed by atoms with van der Waals surface area (Å²) in [5, 5.41) is 1.96. The van der Waals surface area contributed by atoms with E-state index in [9.17, 15) is 4.79 Å². The molecule has 5 heteroatoms. The molecule has 1 aromatic carbocycles. The van der Waals surface area contributed by atoms with E-state index in [0.717, 1.165) is 33.3 Å². The lowest BCUT2D eigenvalue weighted by molar-refractivity contribution is 0.0991. The Hall–Kier alpha value is -1.46. The van der Waals surface area contributed by atoms with Gasteiger partial charge in [-0.3, -0.25) is 4.79 Å². The van der Waals surface area contributed by atoms with Gasteiger partial charge in [0.05, 0.1) is 10.6 Å². The summed E-state index contributed by atoms with van der Waals surface area (Å²) in [6.45, 7) is 2.71. The lowest BCUT2D eigenvalue weighted by atomic mass is 10.2. The number of benzene rings is 1. The van der Waals surface area contributed by atoms with Gasteiger partial charge in [-0.1, -0.05) is 0 Å². The van der Waals surface area contributed by atoms with E-state index in [-0.39, 0.29) is 5.91 Å². The molecule has 3 rings (SSSR count). The molecule has 2 heterocycles. The molecule has 0 saturated heterocycles. The van der Waals surface area contributed by atoms with Gasteiger partial charge in [-0.25, -0.2) is 0 Å². The maximum absolute atomic E-state index is 12.6. The molecule has 1 aromatic heterocycles. The normalized spacial score (nSPS) is 14.3. The maximum Gasteiger partial charge on any atom is 0.268 e. The van der Waals surface area contributed by atoms with Crippen LogP contribution in [0.1, 0.15) is 15.2 Å². The molecular weight excluding hydrogens is 276 g/mol. The molecule has 0 bridgehead atoms. The average molecular weight is 290 g/mol. The highest BCUT2D eigenvalue weighted by Gasteiger charge is 2.25. The molecule has 0 aliphatic carbocycles. The molecule has 0 fully saturated rings. The van der Waals surface area contributed by atoms with E-state index < -0.39 is 0 Å². The fraction of sp³-hybridized carbons (Fsp3) is 0.214. The van der Waals surface area contributed by atoms with Gasteiger partial charge in [-0.2, -0.15) is 0 Å². The summed E-state index contributed by atoms with van der Waals surface area (Å²) in [7, 11) is 0. The van der Waals surface area contributed by atoms with Crippen molar-refractivity contribution in [3.63, 3.8) is 0 Å². The number of amides is 1. The summed E-state index contributed by atoms with van der Waals surface area (Å²) >= 11 is 3.27. The lowest BCUT2D eigenvalue weighted by Crippen LogP contribution is -2.35. The van der Waals surface area contributed by atoms with Crippen LogP contribution in [0.3, 0.4) is 0 Å². The molecule has 1 aliphatic heterocycles. The second-order valence-corrected chi connectivity index (χ2v) is 6.52. The number of anilines is 2. The van der Waals surface area contributed by atoms with Crippen LogP contribution in [0.4, 0.5) is 11.4 Å². The van der Waals surface area contributed by atoms with Crippen molar-refractivity contribution >= 4 is 40.4 Å². The standard InChI is InChI=1S/C14H14N2OS2/c1-9-4-6-19-13(9)14(17)16-5-7-18-12-3-2-10(15)8-11(12)16/h2-4,6,8H,5,7,15H2,1H3. The molecule has 3 nitrogen and oxygen atoms in total. The Labute approximate surface area is 120 Å². The minimum atomic E-state index is 0.0830. The topological polar surface area (TPSA) is 46.3 Å². The van der Waals surface area contributed by atoms with Crippen molar-refractivity contribution in [2.24, 2.45) is 0 Å². The number of rotatable bonds is 1. The summed E-state index contributed by atoms with van der Waals surface area (Å²) < 4.78 is 0. The quantitative estimate of drug-likeness (QED) is 0.819. The van der Waals surface area contributed by atoms with Crippen molar-refractivity contribution in [1.29, 1.82) is 0 Å². The zero-order chi connectivity index (χ0) is 13.4. The molecule has 0 saturated carbocycles. The Balaban J connectivity index is 2.02. The minimum Gasteiger partial charge on any atom is -0.399 e. The second-order valence-electron chi connectivity index (χ2n) is 4.47. The van der Waals surface area contributed by atoms with Gasteiger partial charge in [0.25, 0.3) is 5.91 Å². The maximum atomic E-state index is 12.6. The summed E-state index contributed by atoms with van der Waals surface area (Å²) in [5.74, 6) is 1.01. The van der Waals surface area contributed by atoms with Gasteiger partial charge >= 0.3 is 0 Å². The van der Waals surface area contributed by atoms with Gasteiger partial charge in [0.2, 0.25) is 0 Å². The zero-order valence-electron chi connectivity index (χ0n) is 10.6. The Morgan fingerprint density at radius 2 is 2.21 bits per heavy atom. The molecule has 0 radical (unpaired) electrons. The number of thiophene rings is 1. The van der Waals surface area contributed by atoms with Gasteiger partial charge in [0.1, 0.15) is 0 Å². The van der Waals surface area contributed by atoms with Crippen LogP contribution in [-0.4, -0.2) is 18.2 Å². The highest BCUT2D eigenvalue weighted by atomic mass is 32.2. The van der Waals surface area contributed by atoms with E-state index in [1.54, 1.807) is 11.8 Å². The summed E-state index contributed by atoms with van der Waals surface area (Å²) in [6.07, 6.45) is 0. The minimum absolute atomic E-state index is 0.0830. The number of carbonyl (C=O) groups is 1. The molecule has 1 amide bonds. The van der Waals surface area contributed by atoms with E-state index in [1.165, 1.54) is 11.3 Å². The van der Waals surface area contributed by atoms with E-state index in [2.05, 4.69) is 0 Å². The number of nitrogens with two attached hydrogens (primary N) is 1.